The quantitative estimate of drug-likeness (QED) is 0.286. The fraction of sp³-hybridized carbons (Fsp3) is 0.593. The van der Waals surface area contributed by atoms with Crippen LogP contribution in [0.1, 0.15) is 39.5 Å². The van der Waals surface area contributed by atoms with Crippen molar-refractivity contribution < 1.29 is 18.3 Å². The molecule has 0 bridgehead atoms. The maximum atomic E-state index is 12.7. The molecule has 0 amide bonds. The molecule has 10 heteroatoms. The Hall–Kier alpha value is -2.17. The Morgan fingerprint density at radius 2 is 1.97 bits per heavy atom. The molecule has 0 spiro atoms. The second kappa shape index (κ2) is 13.6. The summed E-state index contributed by atoms with van der Waals surface area (Å²) in [5.41, 5.74) is 2.02. The molecule has 2 aliphatic rings. The van der Waals surface area contributed by atoms with Gasteiger partial charge in [-0.05, 0) is 44.8 Å². The highest BCUT2D eigenvalue weighted by Crippen LogP contribution is 2.32. The molecule has 2 aliphatic heterocycles. The molecule has 1 aromatic rings. The Morgan fingerprint density at radius 3 is 2.57 bits per heavy atom. The number of nitrogens with one attached hydrogen (secondary N) is 1. The summed E-state index contributed by atoms with van der Waals surface area (Å²) < 4.78 is 41.1. The zero-order chi connectivity index (χ0) is 27.0. The van der Waals surface area contributed by atoms with E-state index in [1.165, 1.54) is 24.1 Å². The highest BCUT2D eigenvalue weighted by molar-refractivity contribution is 7.99. The van der Waals surface area contributed by atoms with Crippen molar-refractivity contribution in [2.75, 3.05) is 55.1 Å². The van der Waals surface area contributed by atoms with E-state index in [0.29, 0.717) is 17.9 Å². The minimum absolute atomic E-state index is 0.186. The van der Waals surface area contributed by atoms with Crippen LogP contribution in [0.5, 0.6) is 5.75 Å². The molecule has 2 saturated heterocycles. The molecule has 0 aliphatic carbocycles. The van der Waals surface area contributed by atoms with E-state index in [2.05, 4.69) is 37.9 Å². The summed E-state index contributed by atoms with van der Waals surface area (Å²) in [4.78, 5) is 11.7. The molecule has 206 valence electrons. The van der Waals surface area contributed by atoms with Gasteiger partial charge >= 0.3 is 6.18 Å². The lowest BCUT2D eigenvalue weighted by molar-refractivity contribution is -0.126. The number of allylic oxidation sites excluding steroid dienone is 4. The predicted octanol–water partition coefficient (Wildman–Crippen LogP) is 5.85. The van der Waals surface area contributed by atoms with E-state index in [1.54, 1.807) is 18.3 Å². The highest BCUT2D eigenvalue weighted by atomic mass is 32.2. The number of halogens is 3. The standard InChI is InChI=1S/C27H40F3N5OS/c1-5-21(16-27(28,29)30)8-7-20(3)18-33-11-9-24(10-12-33)35-14-13-34(19-23(35)6-2)26-25(36)15-22(17-31-26)32-37-4/h5,7-8,15,17,23-24,32,36H,1,6,9-14,16,18-19H2,2-4H3/b20-7+,21-8+. The van der Waals surface area contributed by atoms with Gasteiger partial charge in [-0.3, -0.25) is 9.80 Å². The van der Waals surface area contributed by atoms with Crippen LogP contribution in [0, 0.1) is 0 Å². The van der Waals surface area contributed by atoms with Crippen molar-refractivity contribution in [1.82, 2.24) is 14.8 Å². The van der Waals surface area contributed by atoms with E-state index in [-0.39, 0.29) is 11.3 Å². The van der Waals surface area contributed by atoms with Crippen LogP contribution in [0.15, 0.2) is 48.2 Å². The number of pyridine rings is 1. The number of piperidine rings is 1. The Bertz CT molecular complexity index is 960. The third-order valence-corrected chi connectivity index (χ3v) is 7.55. The molecule has 1 aromatic heterocycles. The molecule has 3 rings (SSSR count). The number of nitrogens with zero attached hydrogens (tertiary/aromatic N) is 4. The van der Waals surface area contributed by atoms with E-state index in [9.17, 15) is 18.3 Å². The number of aromatic hydroxyl groups is 1. The molecular weight excluding hydrogens is 499 g/mol. The summed E-state index contributed by atoms with van der Waals surface area (Å²) in [6.07, 6.45) is 6.29. The van der Waals surface area contributed by atoms with Crippen molar-refractivity contribution >= 4 is 23.5 Å². The lowest BCUT2D eigenvalue weighted by Gasteiger charge is -2.47. The van der Waals surface area contributed by atoms with Crippen molar-refractivity contribution in [3.63, 3.8) is 0 Å². The first-order valence-electron chi connectivity index (χ1n) is 12.9. The van der Waals surface area contributed by atoms with Gasteiger partial charge in [0.25, 0.3) is 0 Å². The molecule has 0 saturated carbocycles. The minimum atomic E-state index is -4.22. The van der Waals surface area contributed by atoms with Crippen LogP contribution in [0.2, 0.25) is 0 Å². The first-order chi connectivity index (χ1) is 17.6. The predicted molar refractivity (Wildman–Crippen MR) is 148 cm³/mol. The van der Waals surface area contributed by atoms with Crippen LogP contribution < -0.4 is 9.62 Å². The van der Waals surface area contributed by atoms with Crippen LogP contribution in [0.25, 0.3) is 0 Å². The summed E-state index contributed by atoms with van der Waals surface area (Å²) in [6, 6.07) is 2.64. The maximum absolute atomic E-state index is 12.7. The Labute approximate surface area is 223 Å². The van der Waals surface area contributed by atoms with Crippen LogP contribution in [0.3, 0.4) is 0 Å². The Balaban J connectivity index is 1.52. The van der Waals surface area contributed by atoms with E-state index < -0.39 is 12.6 Å². The van der Waals surface area contributed by atoms with Crippen molar-refractivity contribution in [1.29, 1.82) is 0 Å². The van der Waals surface area contributed by atoms with Gasteiger partial charge in [-0.1, -0.05) is 49.3 Å². The number of hydrogen-bond donors (Lipinski definition) is 2. The van der Waals surface area contributed by atoms with E-state index in [4.69, 9.17) is 0 Å². The Kier molecular flexibility index (Phi) is 10.8. The number of piperazine rings is 1. The third kappa shape index (κ3) is 8.68. The van der Waals surface area contributed by atoms with E-state index >= 15 is 0 Å². The lowest BCUT2D eigenvalue weighted by atomic mass is 9.97. The summed E-state index contributed by atoms with van der Waals surface area (Å²) in [5.74, 6) is 0.846. The number of likely N-dealkylation sites (tertiary alicyclic amines) is 1. The van der Waals surface area contributed by atoms with Gasteiger partial charge in [0.2, 0.25) is 0 Å². The van der Waals surface area contributed by atoms with Gasteiger partial charge in [0.05, 0.1) is 18.3 Å². The average Bonchev–Trinajstić information content (AvgIpc) is 2.86. The topological polar surface area (TPSA) is 54.9 Å². The summed E-state index contributed by atoms with van der Waals surface area (Å²) in [5, 5.41) is 10.5. The molecule has 0 aromatic carbocycles. The van der Waals surface area contributed by atoms with Gasteiger partial charge in [-0.25, -0.2) is 4.98 Å². The average molecular weight is 540 g/mol. The molecule has 2 N–H and O–H groups in total. The zero-order valence-electron chi connectivity index (χ0n) is 22.1. The molecule has 3 heterocycles. The number of rotatable bonds is 10. The zero-order valence-corrected chi connectivity index (χ0v) is 22.9. The van der Waals surface area contributed by atoms with Crippen molar-refractivity contribution in [3.8, 4) is 5.75 Å². The minimum Gasteiger partial charge on any atom is -0.504 e. The second-order valence-corrected chi connectivity index (χ2v) is 10.5. The van der Waals surface area contributed by atoms with Gasteiger partial charge < -0.3 is 14.7 Å². The number of alkyl halides is 3. The van der Waals surface area contributed by atoms with Gasteiger partial charge in [0, 0.05) is 50.6 Å². The van der Waals surface area contributed by atoms with Crippen LogP contribution in [-0.4, -0.2) is 83.7 Å². The number of hydrogen-bond acceptors (Lipinski definition) is 7. The van der Waals surface area contributed by atoms with Crippen LogP contribution >= 0.6 is 11.9 Å². The molecule has 1 unspecified atom stereocenters. The van der Waals surface area contributed by atoms with Gasteiger partial charge in [-0.2, -0.15) is 13.2 Å². The van der Waals surface area contributed by atoms with Crippen molar-refractivity contribution in [2.24, 2.45) is 0 Å². The molecule has 0 radical (unpaired) electrons. The fourth-order valence-electron chi connectivity index (χ4n) is 5.26. The Morgan fingerprint density at radius 1 is 1.24 bits per heavy atom. The number of aromatic nitrogens is 1. The van der Waals surface area contributed by atoms with Crippen LogP contribution in [0.4, 0.5) is 24.7 Å². The number of anilines is 2. The molecule has 6 nitrogen and oxygen atoms in total. The monoisotopic (exact) mass is 539 g/mol. The smallest absolute Gasteiger partial charge is 0.393 e. The van der Waals surface area contributed by atoms with Gasteiger partial charge in [0.1, 0.15) is 0 Å². The summed E-state index contributed by atoms with van der Waals surface area (Å²) in [6.45, 7) is 13.0. The maximum Gasteiger partial charge on any atom is 0.393 e. The molecule has 1 atom stereocenters. The van der Waals surface area contributed by atoms with E-state index in [1.807, 2.05) is 13.2 Å². The van der Waals surface area contributed by atoms with Crippen molar-refractivity contribution in [3.05, 3.63) is 48.2 Å². The first kappa shape index (κ1) is 29.4. The van der Waals surface area contributed by atoms with Gasteiger partial charge in [0.15, 0.2) is 11.6 Å². The SMILES string of the molecule is C=C/C(=C\C=C(/C)CN1CCC(N2CCN(c3ncc(NSC)cc3O)CC2CC)CC1)CC(F)(F)F. The normalized spacial score (nSPS) is 21.4. The summed E-state index contributed by atoms with van der Waals surface area (Å²) >= 11 is 1.46. The molecule has 2 fully saturated rings. The molecular formula is C27H40F3N5OS. The van der Waals surface area contributed by atoms with Gasteiger partial charge in [-0.15, -0.1) is 0 Å². The highest BCUT2D eigenvalue weighted by Gasteiger charge is 2.34. The van der Waals surface area contributed by atoms with Crippen LogP contribution in [-0.2, 0) is 0 Å². The van der Waals surface area contributed by atoms with E-state index in [0.717, 1.165) is 69.8 Å². The lowest BCUT2D eigenvalue weighted by Crippen LogP contribution is -2.58. The fourth-order valence-corrected chi connectivity index (χ4v) is 5.61. The first-order valence-corrected chi connectivity index (χ1v) is 14.1. The third-order valence-electron chi connectivity index (χ3n) is 7.11. The molecule has 37 heavy (non-hydrogen) atoms. The largest absolute Gasteiger partial charge is 0.504 e. The van der Waals surface area contributed by atoms with Crippen molar-refractivity contribution in [2.45, 2.75) is 57.8 Å². The summed E-state index contributed by atoms with van der Waals surface area (Å²) in [7, 11) is 0. The second-order valence-electron chi connectivity index (χ2n) is 9.88.